The fourth-order valence-electron chi connectivity index (χ4n) is 2.02. The van der Waals surface area contributed by atoms with Gasteiger partial charge in [0.15, 0.2) is 5.82 Å². The zero-order valence-electron chi connectivity index (χ0n) is 12.2. The van der Waals surface area contributed by atoms with E-state index < -0.39 is 0 Å². The Kier molecular flexibility index (Phi) is 4.74. The van der Waals surface area contributed by atoms with Gasteiger partial charge in [0.2, 0.25) is 5.89 Å². The van der Waals surface area contributed by atoms with E-state index in [4.69, 9.17) is 15.0 Å². The molecule has 2 rings (SSSR count). The van der Waals surface area contributed by atoms with Crippen LogP contribution in [0.4, 0.5) is 0 Å². The summed E-state index contributed by atoms with van der Waals surface area (Å²) in [5, 5.41) is 3.99. The largest absolute Gasteiger partial charge is 0.497 e. The number of nitrogens with two attached hydrogens (primary N) is 1. The first-order chi connectivity index (χ1) is 9.58. The molecule has 2 N–H and O–H groups in total. The molecule has 108 valence electrons. The second-order valence-electron chi connectivity index (χ2n) is 5.31. The summed E-state index contributed by atoms with van der Waals surface area (Å²) in [6.07, 6.45) is 1.46. The number of rotatable bonds is 6. The van der Waals surface area contributed by atoms with Crippen LogP contribution in [0.3, 0.4) is 0 Å². The molecule has 1 atom stereocenters. The highest BCUT2D eigenvalue weighted by Crippen LogP contribution is 2.18. The molecule has 1 heterocycles. The summed E-state index contributed by atoms with van der Waals surface area (Å²) in [4.78, 5) is 4.37. The molecule has 1 aromatic heterocycles. The third kappa shape index (κ3) is 3.81. The third-order valence-electron chi connectivity index (χ3n) is 3.05. The van der Waals surface area contributed by atoms with Crippen molar-refractivity contribution in [1.29, 1.82) is 0 Å². The van der Waals surface area contributed by atoms with Gasteiger partial charge in [-0.25, -0.2) is 0 Å². The number of aromatic nitrogens is 2. The molecule has 0 unspecified atom stereocenters. The maximum Gasteiger partial charge on any atom is 0.243 e. The van der Waals surface area contributed by atoms with Gasteiger partial charge in [0, 0.05) is 6.42 Å². The summed E-state index contributed by atoms with van der Waals surface area (Å²) >= 11 is 0. The topological polar surface area (TPSA) is 74.2 Å². The first-order valence-electron chi connectivity index (χ1n) is 6.79. The van der Waals surface area contributed by atoms with E-state index in [0.717, 1.165) is 17.7 Å². The highest BCUT2D eigenvalue weighted by atomic mass is 16.5. The Morgan fingerprint density at radius 1 is 1.25 bits per heavy atom. The Hall–Kier alpha value is -1.88. The maximum atomic E-state index is 6.03. The molecule has 0 aliphatic rings. The average molecular weight is 275 g/mol. The molecule has 0 saturated carbocycles. The van der Waals surface area contributed by atoms with Crippen molar-refractivity contribution in [2.75, 3.05) is 7.11 Å². The molecule has 0 radical (unpaired) electrons. The lowest BCUT2D eigenvalue weighted by Gasteiger charge is -2.08. The summed E-state index contributed by atoms with van der Waals surface area (Å²) in [5.41, 5.74) is 7.13. The van der Waals surface area contributed by atoms with Gasteiger partial charge in [-0.3, -0.25) is 0 Å². The van der Waals surface area contributed by atoms with Crippen molar-refractivity contribution in [1.82, 2.24) is 10.1 Å². The molecule has 0 amide bonds. The van der Waals surface area contributed by atoms with Crippen molar-refractivity contribution in [3.05, 3.63) is 41.5 Å². The van der Waals surface area contributed by atoms with Crippen LogP contribution in [0.1, 0.15) is 43.6 Å². The van der Waals surface area contributed by atoms with Gasteiger partial charge in [0.05, 0.1) is 13.2 Å². The lowest BCUT2D eigenvalue weighted by atomic mass is 10.0. The molecule has 5 nitrogen and oxygen atoms in total. The average Bonchev–Trinajstić information content (AvgIpc) is 2.87. The SMILES string of the molecule is COc1ccc(Cc2noc([C@H](N)CC(C)C)n2)cc1. The first-order valence-corrected chi connectivity index (χ1v) is 6.79. The molecule has 1 aromatic carbocycles. The fraction of sp³-hybridized carbons (Fsp3) is 0.467. The van der Waals surface area contributed by atoms with E-state index in [1.165, 1.54) is 0 Å². The third-order valence-corrected chi connectivity index (χ3v) is 3.05. The van der Waals surface area contributed by atoms with Crippen molar-refractivity contribution in [3.63, 3.8) is 0 Å². The van der Waals surface area contributed by atoms with Crippen molar-refractivity contribution in [2.24, 2.45) is 11.7 Å². The molecule has 0 saturated heterocycles. The maximum absolute atomic E-state index is 6.03. The van der Waals surface area contributed by atoms with Crippen LogP contribution in [0.2, 0.25) is 0 Å². The Bertz CT molecular complexity index is 534. The number of ether oxygens (including phenoxy) is 1. The van der Waals surface area contributed by atoms with Crippen LogP contribution in [0.25, 0.3) is 0 Å². The minimum absolute atomic E-state index is 0.188. The molecule has 2 aromatic rings. The second kappa shape index (κ2) is 6.52. The van der Waals surface area contributed by atoms with Crippen LogP contribution >= 0.6 is 0 Å². The predicted octanol–water partition coefficient (Wildman–Crippen LogP) is 2.71. The van der Waals surface area contributed by atoms with Crippen LogP contribution in [-0.4, -0.2) is 17.3 Å². The number of benzene rings is 1. The Balaban J connectivity index is 2.01. The monoisotopic (exact) mass is 275 g/mol. The van der Waals surface area contributed by atoms with Gasteiger partial charge < -0.3 is 15.0 Å². The number of hydrogen-bond acceptors (Lipinski definition) is 5. The zero-order valence-corrected chi connectivity index (χ0v) is 12.2. The van der Waals surface area contributed by atoms with E-state index in [-0.39, 0.29) is 6.04 Å². The van der Waals surface area contributed by atoms with E-state index in [0.29, 0.717) is 24.1 Å². The predicted molar refractivity (Wildman–Crippen MR) is 76.5 cm³/mol. The summed E-state index contributed by atoms with van der Waals surface area (Å²) < 4.78 is 10.4. The smallest absolute Gasteiger partial charge is 0.243 e. The molecule has 5 heteroatoms. The lowest BCUT2D eigenvalue weighted by molar-refractivity contribution is 0.333. The fourth-order valence-corrected chi connectivity index (χ4v) is 2.02. The molecular weight excluding hydrogens is 254 g/mol. The molecule has 20 heavy (non-hydrogen) atoms. The molecule has 0 bridgehead atoms. The molecule has 0 aliphatic carbocycles. The van der Waals surface area contributed by atoms with Crippen molar-refractivity contribution in [2.45, 2.75) is 32.7 Å². The van der Waals surface area contributed by atoms with Crippen LogP contribution < -0.4 is 10.5 Å². The van der Waals surface area contributed by atoms with E-state index in [2.05, 4.69) is 24.0 Å². The van der Waals surface area contributed by atoms with Crippen LogP contribution in [0.5, 0.6) is 5.75 Å². The van der Waals surface area contributed by atoms with Crippen molar-refractivity contribution in [3.8, 4) is 5.75 Å². The van der Waals surface area contributed by atoms with Gasteiger partial charge in [-0.2, -0.15) is 4.98 Å². The summed E-state index contributed by atoms with van der Waals surface area (Å²) in [5.74, 6) is 2.51. The van der Waals surface area contributed by atoms with Crippen molar-refractivity contribution < 1.29 is 9.26 Å². The summed E-state index contributed by atoms with van der Waals surface area (Å²) in [7, 11) is 1.65. The first kappa shape index (κ1) is 14.5. The standard InChI is InChI=1S/C15H21N3O2/c1-10(2)8-13(16)15-17-14(18-20-15)9-11-4-6-12(19-3)7-5-11/h4-7,10,13H,8-9,16H2,1-3H3/t13-/m1/s1. The summed E-state index contributed by atoms with van der Waals surface area (Å²) in [6, 6.07) is 7.63. The number of nitrogens with zero attached hydrogens (tertiary/aromatic N) is 2. The van der Waals surface area contributed by atoms with E-state index in [1.54, 1.807) is 7.11 Å². The molecule has 0 spiro atoms. The van der Waals surface area contributed by atoms with Gasteiger partial charge in [-0.1, -0.05) is 31.1 Å². The zero-order chi connectivity index (χ0) is 14.5. The highest BCUT2D eigenvalue weighted by molar-refractivity contribution is 5.28. The Labute approximate surface area is 119 Å². The minimum Gasteiger partial charge on any atom is -0.497 e. The van der Waals surface area contributed by atoms with E-state index >= 15 is 0 Å². The van der Waals surface area contributed by atoms with Gasteiger partial charge >= 0.3 is 0 Å². The van der Waals surface area contributed by atoms with E-state index in [9.17, 15) is 0 Å². The quantitative estimate of drug-likeness (QED) is 0.877. The molecule has 0 aliphatic heterocycles. The molecule has 0 fully saturated rings. The van der Waals surface area contributed by atoms with Crippen molar-refractivity contribution >= 4 is 0 Å². The normalized spacial score (nSPS) is 12.7. The van der Waals surface area contributed by atoms with E-state index in [1.807, 2.05) is 24.3 Å². The second-order valence-corrected chi connectivity index (χ2v) is 5.31. The van der Waals surface area contributed by atoms with Gasteiger partial charge in [0.25, 0.3) is 0 Å². The minimum atomic E-state index is -0.188. The number of methoxy groups -OCH3 is 1. The summed E-state index contributed by atoms with van der Waals surface area (Å²) in [6.45, 7) is 4.24. The van der Waals surface area contributed by atoms with Crippen LogP contribution in [0.15, 0.2) is 28.8 Å². The van der Waals surface area contributed by atoms with Gasteiger partial charge in [-0.15, -0.1) is 0 Å². The van der Waals surface area contributed by atoms with Gasteiger partial charge in [0.1, 0.15) is 5.75 Å². The lowest BCUT2D eigenvalue weighted by Crippen LogP contribution is -2.13. The Morgan fingerprint density at radius 3 is 2.55 bits per heavy atom. The molecular formula is C15H21N3O2. The van der Waals surface area contributed by atoms with Crippen LogP contribution in [-0.2, 0) is 6.42 Å². The Morgan fingerprint density at radius 2 is 1.95 bits per heavy atom. The van der Waals surface area contributed by atoms with Gasteiger partial charge in [-0.05, 0) is 30.0 Å². The highest BCUT2D eigenvalue weighted by Gasteiger charge is 2.16. The number of hydrogen-bond donors (Lipinski definition) is 1. The van der Waals surface area contributed by atoms with Crippen LogP contribution in [0, 0.1) is 5.92 Å².